The first kappa shape index (κ1) is 20.6. The van der Waals surface area contributed by atoms with E-state index in [0.29, 0.717) is 11.4 Å². The summed E-state index contributed by atoms with van der Waals surface area (Å²) in [6, 6.07) is 8.87. The highest BCUT2D eigenvalue weighted by molar-refractivity contribution is 5.97. The summed E-state index contributed by atoms with van der Waals surface area (Å²) in [7, 11) is 1.67. The van der Waals surface area contributed by atoms with E-state index in [4.69, 9.17) is 4.74 Å². The van der Waals surface area contributed by atoms with Gasteiger partial charge in [0.05, 0.1) is 11.4 Å². The van der Waals surface area contributed by atoms with Crippen molar-refractivity contribution in [3.63, 3.8) is 0 Å². The lowest BCUT2D eigenvalue weighted by molar-refractivity contribution is -0.123. The largest absolute Gasteiger partial charge is 0.449 e. The first-order valence-electron chi connectivity index (χ1n) is 8.88. The number of benzene rings is 1. The van der Waals surface area contributed by atoms with Gasteiger partial charge in [0.1, 0.15) is 11.3 Å². The van der Waals surface area contributed by atoms with Crippen LogP contribution >= 0.6 is 0 Å². The molecule has 11 nitrogen and oxygen atoms in total. The van der Waals surface area contributed by atoms with Gasteiger partial charge in [0.25, 0.3) is 17.0 Å². The summed E-state index contributed by atoms with van der Waals surface area (Å²) in [6.45, 7) is 2.95. The molecule has 0 aliphatic heterocycles. The van der Waals surface area contributed by atoms with Gasteiger partial charge in [-0.25, -0.2) is 14.3 Å². The number of hydrogen-bond acceptors (Lipinski definition) is 6. The number of carbonyl (C=O) groups is 2. The van der Waals surface area contributed by atoms with Gasteiger partial charge in [0.2, 0.25) is 0 Å². The summed E-state index contributed by atoms with van der Waals surface area (Å²) < 4.78 is 7.96. The van der Waals surface area contributed by atoms with E-state index in [1.807, 2.05) is 11.1 Å². The fourth-order valence-electron chi connectivity index (χ4n) is 2.78. The molecular weight excluding hydrogens is 394 g/mol. The van der Waals surface area contributed by atoms with Gasteiger partial charge in [0.15, 0.2) is 6.10 Å². The molecule has 3 N–H and O–H groups in total. The summed E-state index contributed by atoms with van der Waals surface area (Å²) in [5, 5.41) is 2.48. The molecule has 1 amide bonds. The Bertz CT molecular complexity index is 1280. The number of aromatic nitrogens is 4. The van der Waals surface area contributed by atoms with Crippen molar-refractivity contribution in [1.82, 2.24) is 19.3 Å². The number of anilines is 1. The van der Waals surface area contributed by atoms with Crippen molar-refractivity contribution in [2.24, 2.45) is 7.05 Å². The van der Waals surface area contributed by atoms with Gasteiger partial charge in [-0.1, -0.05) is 18.2 Å². The zero-order chi connectivity index (χ0) is 22.0. The quantitative estimate of drug-likeness (QED) is 0.503. The summed E-state index contributed by atoms with van der Waals surface area (Å²) in [5.74, 6) is -1.85. The van der Waals surface area contributed by atoms with Crippen molar-refractivity contribution in [2.45, 2.75) is 20.0 Å². The van der Waals surface area contributed by atoms with Crippen LogP contribution in [-0.2, 0) is 16.6 Å². The van der Waals surface area contributed by atoms with Gasteiger partial charge in [-0.3, -0.25) is 24.0 Å². The maximum atomic E-state index is 12.8. The average Bonchev–Trinajstić information content (AvgIpc) is 2.91. The van der Waals surface area contributed by atoms with Crippen LogP contribution in [0.1, 0.15) is 23.0 Å². The van der Waals surface area contributed by atoms with Gasteiger partial charge in [-0.05, 0) is 26.0 Å². The summed E-state index contributed by atoms with van der Waals surface area (Å²) in [6.07, 6.45) is -0.415. The number of ether oxygens (including phenoxy) is 1. The van der Waals surface area contributed by atoms with E-state index in [1.54, 1.807) is 42.9 Å². The second-order valence-electron chi connectivity index (χ2n) is 6.46. The normalized spacial score (nSPS) is 11.7. The minimum absolute atomic E-state index is 0.0381. The molecule has 0 spiro atoms. The molecule has 1 atom stereocenters. The van der Waals surface area contributed by atoms with Crippen LogP contribution in [0.4, 0.5) is 5.69 Å². The zero-order valence-corrected chi connectivity index (χ0v) is 16.4. The third-order valence-electron chi connectivity index (χ3n) is 4.49. The molecule has 0 saturated heterocycles. The number of aromatic amines is 2. The maximum Gasteiger partial charge on any atom is 0.346 e. The Morgan fingerprint density at radius 1 is 1.13 bits per heavy atom. The predicted octanol–water partition coefficient (Wildman–Crippen LogP) is 0.0450. The first-order chi connectivity index (χ1) is 14.2. The minimum atomic E-state index is -1.31. The van der Waals surface area contributed by atoms with E-state index in [2.05, 4.69) is 10.3 Å². The number of H-pyrrole nitrogens is 2. The molecule has 0 aliphatic rings. The van der Waals surface area contributed by atoms with Crippen LogP contribution in [0.25, 0.3) is 5.69 Å². The van der Waals surface area contributed by atoms with Gasteiger partial charge >= 0.3 is 11.7 Å². The van der Waals surface area contributed by atoms with E-state index in [-0.39, 0.29) is 5.69 Å². The molecule has 1 unspecified atom stereocenters. The topological polar surface area (TPSA) is 148 Å². The van der Waals surface area contributed by atoms with Gasteiger partial charge in [-0.15, -0.1) is 0 Å². The third-order valence-corrected chi connectivity index (χ3v) is 4.49. The van der Waals surface area contributed by atoms with Crippen LogP contribution < -0.4 is 22.1 Å². The van der Waals surface area contributed by atoms with Crippen molar-refractivity contribution in [2.75, 3.05) is 5.32 Å². The molecule has 156 valence electrons. The molecule has 0 saturated carbocycles. The summed E-state index contributed by atoms with van der Waals surface area (Å²) in [5.41, 5.74) is -1.49. The molecule has 0 radical (unpaired) electrons. The number of nitrogens with one attached hydrogen (secondary N) is 3. The molecule has 30 heavy (non-hydrogen) atoms. The molecule has 2 heterocycles. The third kappa shape index (κ3) is 3.85. The minimum Gasteiger partial charge on any atom is -0.449 e. The van der Waals surface area contributed by atoms with Gasteiger partial charge in [0, 0.05) is 13.2 Å². The van der Waals surface area contributed by atoms with Crippen LogP contribution in [0.3, 0.4) is 0 Å². The number of carbonyl (C=O) groups excluding carboxylic acids is 2. The second kappa shape index (κ2) is 8.07. The van der Waals surface area contributed by atoms with Gasteiger partial charge < -0.3 is 15.0 Å². The summed E-state index contributed by atoms with van der Waals surface area (Å²) in [4.78, 5) is 64.2. The van der Waals surface area contributed by atoms with E-state index in [9.17, 15) is 24.0 Å². The Kier molecular flexibility index (Phi) is 5.54. The molecule has 0 fully saturated rings. The lowest BCUT2D eigenvalue weighted by Gasteiger charge is -2.12. The van der Waals surface area contributed by atoms with Crippen molar-refractivity contribution >= 4 is 17.6 Å². The van der Waals surface area contributed by atoms with Crippen LogP contribution in [0.15, 0.2) is 50.9 Å². The molecule has 1 aromatic carbocycles. The standard InChI is InChI=1S/C19H19N5O6/c1-10-14(17(27)24(23(10)3)12-7-5-4-6-8-12)21-15(25)11(2)30-18(28)13-9-20-19(29)22-16(13)26/h4-9,11H,1-3H3,(H,21,25)(H2,20,22,26,29). The van der Waals surface area contributed by atoms with Crippen LogP contribution in [0.5, 0.6) is 0 Å². The Hall–Kier alpha value is -4.15. The van der Waals surface area contributed by atoms with Crippen LogP contribution in [0, 0.1) is 6.92 Å². The first-order valence-corrected chi connectivity index (χ1v) is 8.88. The van der Waals surface area contributed by atoms with Crippen LogP contribution in [0.2, 0.25) is 0 Å². The van der Waals surface area contributed by atoms with E-state index in [1.165, 1.54) is 11.6 Å². The molecule has 2 aromatic heterocycles. The van der Waals surface area contributed by atoms with E-state index < -0.39 is 40.4 Å². The predicted molar refractivity (Wildman–Crippen MR) is 107 cm³/mol. The number of esters is 1. The number of nitrogens with zero attached hydrogens (tertiary/aromatic N) is 2. The number of rotatable bonds is 5. The molecule has 11 heteroatoms. The fraction of sp³-hybridized carbons (Fsp3) is 0.211. The highest BCUT2D eigenvalue weighted by Crippen LogP contribution is 2.14. The Labute approximate surface area is 168 Å². The molecule has 3 aromatic rings. The number of para-hydroxylation sites is 1. The molecule has 0 bridgehead atoms. The Morgan fingerprint density at radius 2 is 1.80 bits per heavy atom. The average molecular weight is 413 g/mol. The number of amides is 1. The smallest absolute Gasteiger partial charge is 0.346 e. The summed E-state index contributed by atoms with van der Waals surface area (Å²) >= 11 is 0. The molecule has 3 rings (SSSR count). The van der Waals surface area contributed by atoms with E-state index >= 15 is 0 Å². The lowest BCUT2D eigenvalue weighted by atomic mass is 10.3. The highest BCUT2D eigenvalue weighted by atomic mass is 16.5. The van der Waals surface area contributed by atoms with E-state index in [0.717, 1.165) is 6.20 Å². The van der Waals surface area contributed by atoms with Crippen molar-refractivity contribution < 1.29 is 14.3 Å². The maximum absolute atomic E-state index is 12.8. The monoisotopic (exact) mass is 413 g/mol. The Morgan fingerprint density at radius 3 is 2.43 bits per heavy atom. The van der Waals surface area contributed by atoms with Crippen molar-refractivity contribution in [1.29, 1.82) is 0 Å². The highest BCUT2D eigenvalue weighted by Gasteiger charge is 2.24. The fourth-order valence-corrected chi connectivity index (χ4v) is 2.78. The van der Waals surface area contributed by atoms with Crippen molar-refractivity contribution in [3.8, 4) is 5.69 Å². The molecule has 0 aliphatic carbocycles. The zero-order valence-electron chi connectivity index (χ0n) is 16.4. The molecular formula is C19H19N5O6. The SMILES string of the molecule is Cc1c(NC(=O)C(C)OC(=O)c2c[nH]c(=O)[nH]c2=O)c(=O)n(-c2ccccc2)n1C. The van der Waals surface area contributed by atoms with Crippen LogP contribution in [-0.4, -0.2) is 37.3 Å². The Balaban J connectivity index is 1.81. The second-order valence-corrected chi connectivity index (χ2v) is 6.46. The van der Waals surface area contributed by atoms with Crippen molar-refractivity contribution in [3.05, 3.63) is 79.0 Å². The lowest BCUT2D eigenvalue weighted by Crippen LogP contribution is -2.34. The van der Waals surface area contributed by atoms with Gasteiger partial charge in [-0.2, -0.15) is 0 Å². The number of hydrogen-bond donors (Lipinski definition) is 3.